The highest BCUT2D eigenvalue weighted by Gasteiger charge is 2.06. The fourth-order valence-electron chi connectivity index (χ4n) is 3.76. The molecule has 0 aromatic heterocycles. The fraction of sp³-hybridized carbons (Fsp3) is 0.750. The van der Waals surface area contributed by atoms with Crippen LogP contribution in [0, 0.1) is 0 Å². The van der Waals surface area contributed by atoms with Gasteiger partial charge in [-0.15, -0.1) is 0 Å². The van der Waals surface area contributed by atoms with Crippen LogP contribution in [0.4, 0.5) is 0 Å². The standard InChI is InChI=1S/C24H45N5O/c1-3-28(4-2)21-22-30-24-9-7-23(8-10-24)11-19-29-18-6-14-26-16-15-25-12-5-13-27-17-20-29/h7-10,25-27H,3-6,11-22H2,1-2H3. The molecule has 172 valence electrons. The quantitative estimate of drug-likeness (QED) is 0.568. The van der Waals surface area contributed by atoms with E-state index in [-0.39, 0.29) is 0 Å². The molecule has 2 rings (SSSR count). The highest BCUT2D eigenvalue weighted by Crippen LogP contribution is 2.13. The molecule has 1 saturated heterocycles. The predicted molar refractivity (Wildman–Crippen MR) is 128 cm³/mol. The van der Waals surface area contributed by atoms with Crippen molar-refractivity contribution in [2.45, 2.75) is 33.1 Å². The van der Waals surface area contributed by atoms with Gasteiger partial charge in [-0.3, -0.25) is 0 Å². The van der Waals surface area contributed by atoms with Crippen LogP contribution in [0.5, 0.6) is 5.75 Å². The number of nitrogens with one attached hydrogen (secondary N) is 3. The maximum Gasteiger partial charge on any atom is 0.119 e. The van der Waals surface area contributed by atoms with Gasteiger partial charge < -0.3 is 30.5 Å². The van der Waals surface area contributed by atoms with Gasteiger partial charge in [0, 0.05) is 39.3 Å². The van der Waals surface area contributed by atoms with Crippen molar-refractivity contribution in [3.8, 4) is 5.75 Å². The highest BCUT2D eigenvalue weighted by molar-refractivity contribution is 5.27. The lowest BCUT2D eigenvalue weighted by atomic mass is 10.1. The van der Waals surface area contributed by atoms with Crippen LogP contribution in [0.1, 0.15) is 32.3 Å². The third kappa shape index (κ3) is 11.3. The number of hydrogen-bond acceptors (Lipinski definition) is 6. The summed E-state index contributed by atoms with van der Waals surface area (Å²) in [5.74, 6) is 0.981. The number of rotatable bonds is 9. The monoisotopic (exact) mass is 419 g/mol. The molecule has 1 heterocycles. The first-order chi connectivity index (χ1) is 14.8. The van der Waals surface area contributed by atoms with Crippen molar-refractivity contribution in [1.82, 2.24) is 25.8 Å². The molecule has 0 aliphatic carbocycles. The summed E-state index contributed by atoms with van der Waals surface area (Å²) in [6.07, 6.45) is 3.50. The number of hydrogen-bond donors (Lipinski definition) is 3. The minimum absolute atomic E-state index is 0.756. The third-order valence-electron chi connectivity index (χ3n) is 5.83. The molecule has 30 heavy (non-hydrogen) atoms. The van der Waals surface area contributed by atoms with Crippen LogP contribution < -0.4 is 20.7 Å². The molecule has 1 aromatic rings. The van der Waals surface area contributed by atoms with Crippen molar-refractivity contribution >= 4 is 0 Å². The van der Waals surface area contributed by atoms with E-state index in [2.05, 4.69) is 63.9 Å². The van der Waals surface area contributed by atoms with Crippen LogP contribution in [-0.4, -0.2) is 94.9 Å². The molecular formula is C24H45N5O. The average Bonchev–Trinajstić information content (AvgIpc) is 2.78. The Bertz CT molecular complexity index is 507. The van der Waals surface area contributed by atoms with E-state index in [0.717, 1.165) is 97.3 Å². The van der Waals surface area contributed by atoms with E-state index in [1.807, 2.05) is 0 Å². The second-order valence-corrected chi connectivity index (χ2v) is 8.07. The summed E-state index contributed by atoms with van der Waals surface area (Å²) >= 11 is 0. The molecule has 0 unspecified atom stereocenters. The smallest absolute Gasteiger partial charge is 0.119 e. The second kappa shape index (κ2) is 16.5. The lowest BCUT2D eigenvalue weighted by molar-refractivity contribution is 0.223. The van der Waals surface area contributed by atoms with Gasteiger partial charge in [0.2, 0.25) is 0 Å². The molecule has 1 aliphatic rings. The molecular weight excluding hydrogens is 374 g/mol. The van der Waals surface area contributed by atoms with Gasteiger partial charge in [-0.2, -0.15) is 0 Å². The first kappa shape index (κ1) is 25.1. The number of nitrogens with zero attached hydrogens (tertiary/aromatic N) is 2. The summed E-state index contributed by atoms with van der Waals surface area (Å²) in [6.45, 7) is 18.2. The van der Waals surface area contributed by atoms with E-state index in [1.165, 1.54) is 18.4 Å². The van der Waals surface area contributed by atoms with Crippen LogP contribution in [0.2, 0.25) is 0 Å². The lowest BCUT2D eigenvalue weighted by Crippen LogP contribution is -2.37. The van der Waals surface area contributed by atoms with E-state index >= 15 is 0 Å². The van der Waals surface area contributed by atoms with E-state index in [0.29, 0.717) is 0 Å². The SMILES string of the molecule is CCN(CC)CCOc1ccc(CCN2CCCNCCNCCCNCC2)cc1. The Morgan fingerprint density at radius 2 is 1.50 bits per heavy atom. The van der Waals surface area contributed by atoms with Crippen LogP contribution in [0.25, 0.3) is 0 Å². The zero-order valence-corrected chi connectivity index (χ0v) is 19.4. The van der Waals surface area contributed by atoms with Crippen molar-refractivity contribution in [3.05, 3.63) is 29.8 Å². The van der Waals surface area contributed by atoms with Gasteiger partial charge in [0.1, 0.15) is 12.4 Å². The van der Waals surface area contributed by atoms with E-state index in [4.69, 9.17) is 4.74 Å². The van der Waals surface area contributed by atoms with Crippen LogP contribution in [0.3, 0.4) is 0 Å². The molecule has 3 N–H and O–H groups in total. The van der Waals surface area contributed by atoms with Crippen molar-refractivity contribution in [1.29, 1.82) is 0 Å². The Hall–Kier alpha value is -1.18. The van der Waals surface area contributed by atoms with Crippen LogP contribution in [0.15, 0.2) is 24.3 Å². The Morgan fingerprint density at radius 1 is 0.833 bits per heavy atom. The third-order valence-corrected chi connectivity index (χ3v) is 5.83. The Morgan fingerprint density at radius 3 is 2.20 bits per heavy atom. The topological polar surface area (TPSA) is 51.8 Å². The molecule has 0 bridgehead atoms. The Kier molecular flexibility index (Phi) is 13.8. The maximum atomic E-state index is 5.92. The van der Waals surface area contributed by atoms with Gasteiger partial charge in [-0.1, -0.05) is 26.0 Å². The van der Waals surface area contributed by atoms with E-state index < -0.39 is 0 Å². The summed E-state index contributed by atoms with van der Waals surface area (Å²) < 4.78 is 5.92. The minimum atomic E-state index is 0.756. The zero-order valence-electron chi connectivity index (χ0n) is 19.4. The van der Waals surface area contributed by atoms with Gasteiger partial charge in [0.25, 0.3) is 0 Å². The molecule has 0 amide bonds. The highest BCUT2D eigenvalue weighted by atomic mass is 16.5. The number of benzene rings is 1. The van der Waals surface area contributed by atoms with Gasteiger partial charge in [0.15, 0.2) is 0 Å². The molecule has 6 heteroatoms. The second-order valence-electron chi connectivity index (χ2n) is 8.07. The fourth-order valence-corrected chi connectivity index (χ4v) is 3.76. The van der Waals surface area contributed by atoms with Crippen LogP contribution in [-0.2, 0) is 6.42 Å². The predicted octanol–water partition coefficient (Wildman–Crippen LogP) is 1.81. The van der Waals surface area contributed by atoms with Crippen LogP contribution >= 0.6 is 0 Å². The average molecular weight is 420 g/mol. The minimum Gasteiger partial charge on any atom is -0.492 e. The van der Waals surface area contributed by atoms with Gasteiger partial charge in [-0.25, -0.2) is 0 Å². The molecule has 1 fully saturated rings. The van der Waals surface area contributed by atoms with Crippen molar-refractivity contribution in [2.75, 3.05) is 85.1 Å². The lowest BCUT2D eigenvalue weighted by Gasteiger charge is -2.23. The first-order valence-corrected chi connectivity index (χ1v) is 12.1. The molecule has 6 nitrogen and oxygen atoms in total. The number of ether oxygens (including phenoxy) is 1. The molecule has 0 saturated carbocycles. The molecule has 1 aliphatic heterocycles. The first-order valence-electron chi connectivity index (χ1n) is 12.1. The van der Waals surface area contributed by atoms with Gasteiger partial charge in [0.05, 0.1) is 0 Å². The molecule has 1 aromatic carbocycles. The van der Waals surface area contributed by atoms with E-state index in [1.54, 1.807) is 0 Å². The van der Waals surface area contributed by atoms with Gasteiger partial charge in [-0.05, 0) is 76.2 Å². The largest absolute Gasteiger partial charge is 0.492 e. The maximum absolute atomic E-state index is 5.92. The molecule has 0 radical (unpaired) electrons. The normalized spacial score (nSPS) is 18.2. The van der Waals surface area contributed by atoms with Crippen molar-refractivity contribution in [2.24, 2.45) is 0 Å². The van der Waals surface area contributed by atoms with Crippen molar-refractivity contribution in [3.63, 3.8) is 0 Å². The zero-order chi connectivity index (χ0) is 21.3. The summed E-state index contributed by atoms with van der Waals surface area (Å²) in [6, 6.07) is 8.70. The summed E-state index contributed by atoms with van der Waals surface area (Å²) in [7, 11) is 0. The van der Waals surface area contributed by atoms with Crippen molar-refractivity contribution < 1.29 is 4.74 Å². The molecule has 0 spiro atoms. The number of likely N-dealkylation sites (N-methyl/N-ethyl adjacent to an activating group) is 1. The molecule has 0 atom stereocenters. The Balaban J connectivity index is 1.71. The van der Waals surface area contributed by atoms with E-state index in [9.17, 15) is 0 Å². The Labute approximate surface area is 184 Å². The summed E-state index contributed by atoms with van der Waals surface area (Å²) in [5, 5.41) is 10.6. The van der Waals surface area contributed by atoms with Gasteiger partial charge >= 0.3 is 0 Å². The summed E-state index contributed by atoms with van der Waals surface area (Å²) in [5.41, 5.74) is 1.39. The summed E-state index contributed by atoms with van der Waals surface area (Å²) in [4.78, 5) is 4.99.